The van der Waals surface area contributed by atoms with Gasteiger partial charge in [-0.2, -0.15) is 5.26 Å². The number of carbonyl (C=O) groups excluding carboxylic acids is 2. The van der Waals surface area contributed by atoms with Crippen molar-refractivity contribution in [3.05, 3.63) is 53.4 Å². The summed E-state index contributed by atoms with van der Waals surface area (Å²) >= 11 is 0. The lowest BCUT2D eigenvalue weighted by atomic mass is 9.33. The summed E-state index contributed by atoms with van der Waals surface area (Å²) in [5.74, 6) is -1.20. The third-order valence-electron chi connectivity index (χ3n) is 13.8. The zero-order valence-electron chi connectivity index (χ0n) is 27.7. The fourth-order valence-corrected chi connectivity index (χ4v) is 12.6. The molecule has 1 aromatic rings. The number of rotatable bonds is 4. The highest BCUT2D eigenvalue weighted by atomic mass is 32.2. The first kappa shape index (κ1) is 32.3. The van der Waals surface area contributed by atoms with Crippen LogP contribution in [0.25, 0.3) is 0 Å². The average Bonchev–Trinajstić information content (AvgIpc) is 2.95. The van der Waals surface area contributed by atoms with Gasteiger partial charge in [-0.3, -0.25) is 14.6 Å². The van der Waals surface area contributed by atoms with Crippen LogP contribution >= 0.6 is 0 Å². The Labute approximate surface area is 267 Å². The zero-order valence-corrected chi connectivity index (χ0v) is 28.5. The van der Waals surface area contributed by atoms with Crippen LogP contribution in [0.4, 0.5) is 0 Å². The molecule has 0 unspecified atom stereocenters. The molecule has 6 rings (SSSR count). The fourth-order valence-electron chi connectivity index (χ4n) is 11.0. The summed E-state index contributed by atoms with van der Waals surface area (Å²) in [7, 11) is -3.72. The summed E-state index contributed by atoms with van der Waals surface area (Å²) < 4.78 is 29.8. The number of Topliss-reactive ketones (excluding diaryl/α,β-unsaturated/α-hetero) is 1. The molecule has 1 heterocycles. The van der Waals surface area contributed by atoms with Gasteiger partial charge in [0.25, 0.3) is 0 Å². The number of ketones is 2. The fraction of sp³-hybridized carbons (Fsp3) is 0.667. The van der Waals surface area contributed by atoms with Crippen molar-refractivity contribution in [2.45, 2.75) is 110 Å². The highest BCUT2D eigenvalue weighted by Crippen LogP contribution is 2.75. The van der Waals surface area contributed by atoms with E-state index in [1.54, 1.807) is 36.7 Å². The second kappa shape index (κ2) is 9.68. The van der Waals surface area contributed by atoms with E-state index in [-0.39, 0.29) is 34.2 Å². The van der Waals surface area contributed by atoms with Crippen molar-refractivity contribution in [1.82, 2.24) is 9.71 Å². The zero-order chi connectivity index (χ0) is 33.1. The van der Waals surface area contributed by atoms with E-state index < -0.39 is 48.7 Å². The summed E-state index contributed by atoms with van der Waals surface area (Å²) in [6, 6.07) is 5.51. The van der Waals surface area contributed by atoms with Gasteiger partial charge in [-0.1, -0.05) is 47.6 Å². The lowest BCUT2D eigenvalue weighted by Gasteiger charge is -2.71. The molecule has 8 nitrogen and oxygen atoms in total. The number of carbonyl (C=O) groups is 2. The van der Waals surface area contributed by atoms with E-state index in [0.29, 0.717) is 37.7 Å². The lowest BCUT2D eigenvalue weighted by Crippen LogP contribution is -2.74. The van der Waals surface area contributed by atoms with Crippen molar-refractivity contribution >= 4 is 21.6 Å². The van der Waals surface area contributed by atoms with Crippen LogP contribution in [0.5, 0.6) is 0 Å². The number of nitriles is 1. The van der Waals surface area contributed by atoms with E-state index in [0.717, 1.165) is 18.4 Å². The number of aliphatic hydroxyl groups is 1. The molecule has 3 saturated carbocycles. The number of sulfonamides is 1. The monoisotopic (exact) mass is 633 g/mol. The molecule has 9 heteroatoms. The number of nitrogens with zero attached hydrogens (tertiary/aromatic N) is 2. The van der Waals surface area contributed by atoms with E-state index in [2.05, 4.69) is 43.5 Å². The molecule has 242 valence electrons. The topological polar surface area (TPSA) is 137 Å². The molecule has 1 aromatic heterocycles. The first-order chi connectivity index (χ1) is 20.7. The Hall–Kier alpha value is -2.67. The maximum atomic E-state index is 14.7. The molecular weight excluding hydrogens is 586 g/mol. The van der Waals surface area contributed by atoms with Gasteiger partial charge < -0.3 is 5.11 Å². The van der Waals surface area contributed by atoms with Crippen LogP contribution in [-0.2, 0) is 25.4 Å². The van der Waals surface area contributed by atoms with Crippen LogP contribution in [-0.4, -0.2) is 41.2 Å². The molecule has 0 radical (unpaired) electrons. The standard InChI is InChI=1S/C36H47N3O5S/c1-30(2)25-8-11-34(6)26(33(25,5)19-24(21-37)29(30)41)18-28(40)36(42)27-20-32(4,14-12-31(27,3)13-15-35(34,36)7)39-45(43,44)22-23-9-16-38-17-10-23/h9-10,16-19,25,27,39,42H,8,11-15,20,22H2,1-7H3/t25-,27+,31-,32-,33-,34+,35-,36+/m0/s1. The number of hydrogen-bond acceptors (Lipinski definition) is 7. The minimum absolute atomic E-state index is 0.0850. The second-order valence-electron chi connectivity index (χ2n) is 16.6. The Balaban J connectivity index is 1.42. The van der Waals surface area contributed by atoms with Crippen molar-refractivity contribution in [1.29, 1.82) is 5.26 Å². The average molecular weight is 634 g/mol. The molecule has 0 bridgehead atoms. The predicted molar refractivity (Wildman–Crippen MR) is 171 cm³/mol. The smallest absolute Gasteiger partial charge is 0.216 e. The third kappa shape index (κ3) is 4.27. The van der Waals surface area contributed by atoms with Gasteiger partial charge >= 0.3 is 0 Å². The van der Waals surface area contributed by atoms with Gasteiger partial charge in [0, 0.05) is 40.1 Å². The Morgan fingerprint density at radius 3 is 2.27 bits per heavy atom. The minimum Gasteiger partial charge on any atom is -0.381 e. The normalized spacial score (nSPS) is 43.9. The van der Waals surface area contributed by atoms with E-state index >= 15 is 0 Å². The van der Waals surface area contributed by atoms with Crippen molar-refractivity contribution in [3.63, 3.8) is 0 Å². The van der Waals surface area contributed by atoms with Gasteiger partial charge in [-0.25, -0.2) is 13.1 Å². The highest BCUT2D eigenvalue weighted by Gasteiger charge is 2.75. The van der Waals surface area contributed by atoms with Gasteiger partial charge in [0.05, 0.1) is 11.3 Å². The van der Waals surface area contributed by atoms with Crippen molar-refractivity contribution in [2.75, 3.05) is 0 Å². The largest absolute Gasteiger partial charge is 0.381 e. The molecule has 45 heavy (non-hydrogen) atoms. The van der Waals surface area contributed by atoms with Gasteiger partial charge in [0.1, 0.15) is 11.7 Å². The van der Waals surface area contributed by atoms with Crippen LogP contribution in [0.3, 0.4) is 0 Å². The third-order valence-corrected chi connectivity index (χ3v) is 15.3. The van der Waals surface area contributed by atoms with E-state index in [4.69, 9.17) is 0 Å². The molecule has 0 spiro atoms. The maximum Gasteiger partial charge on any atom is 0.216 e. The summed E-state index contributed by atoms with van der Waals surface area (Å²) in [6.45, 7) is 14.2. The molecule has 8 atom stereocenters. The van der Waals surface area contributed by atoms with Crippen molar-refractivity contribution in [2.24, 2.45) is 38.9 Å². The van der Waals surface area contributed by atoms with Gasteiger partial charge in [0.15, 0.2) is 11.6 Å². The highest BCUT2D eigenvalue weighted by molar-refractivity contribution is 7.88. The summed E-state index contributed by atoms with van der Waals surface area (Å²) in [5, 5.41) is 23.0. The molecule has 0 aliphatic heterocycles. The van der Waals surface area contributed by atoms with E-state index in [1.165, 1.54) is 0 Å². The molecule has 0 amide bonds. The van der Waals surface area contributed by atoms with Crippen LogP contribution in [0.1, 0.15) is 99.0 Å². The van der Waals surface area contributed by atoms with Crippen LogP contribution in [0.2, 0.25) is 0 Å². The number of pyridine rings is 1. The predicted octanol–water partition coefficient (Wildman–Crippen LogP) is 5.59. The van der Waals surface area contributed by atoms with E-state index in [1.807, 2.05) is 20.8 Å². The lowest BCUT2D eigenvalue weighted by molar-refractivity contribution is -0.239. The minimum atomic E-state index is -3.72. The van der Waals surface area contributed by atoms with Crippen LogP contribution < -0.4 is 4.72 Å². The first-order valence-corrected chi connectivity index (χ1v) is 17.9. The molecule has 0 aromatic carbocycles. The molecule has 5 aliphatic rings. The number of nitrogens with one attached hydrogen (secondary N) is 1. The quantitative estimate of drug-likeness (QED) is 0.441. The van der Waals surface area contributed by atoms with Crippen molar-refractivity contribution in [3.8, 4) is 6.07 Å². The van der Waals surface area contributed by atoms with Crippen LogP contribution in [0, 0.1) is 50.2 Å². The van der Waals surface area contributed by atoms with Crippen LogP contribution in [0.15, 0.2) is 47.8 Å². The molecule has 0 saturated heterocycles. The Morgan fingerprint density at radius 1 is 0.978 bits per heavy atom. The van der Waals surface area contributed by atoms with Gasteiger partial charge in [0.2, 0.25) is 10.0 Å². The Morgan fingerprint density at radius 2 is 1.62 bits per heavy atom. The molecule has 3 fully saturated rings. The van der Waals surface area contributed by atoms with Gasteiger partial charge in [-0.05, 0) is 98.0 Å². The second-order valence-corrected chi connectivity index (χ2v) is 18.4. The Bertz CT molecular complexity index is 1690. The molecular formula is C36H47N3O5S. The van der Waals surface area contributed by atoms with Crippen molar-refractivity contribution < 1.29 is 23.1 Å². The number of allylic oxidation sites excluding steroid dienone is 3. The number of hydrogen-bond donors (Lipinski definition) is 2. The summed E-state index contributed by atoms with van der Waals surface area (Å²) in [6.07, 6.45) is 11.2. The molecule has 5 aliphatic carbocycles. The maximum absolute atomic E-state index is 14.7. The number of aromatic nitrogens is 1. The Kier molecular flexibility index (Phi) is 6.94. The van der Waals surface area contributed by atoms with E-state index in [9.17, 15) is 28.4 Å². The SMILES string of the molecule is CC1(C)C(=O)C(C#N)=C[C@]2(C)C3=CC(=O)[C@]4(O)[C@@H]5C[C@@](C)(NS(=O)(=O)Cc6ccncc6)CC[C@@]5(C)CC[C@@]4(C)[C@]3(C)CC[C@@H]12. The first-order valence-electron chi connectivity index (χ1n) is 16.3. The number of fused-ring (bicyclic) bond motifs is 7. The summed E-state index contributed by atoms with van der Waals surface area (Å²) in [4.78, 5) is 31.9. The summed E-state index contributed by atoms with van der Waals surface area (Å²) in [5.41, 5.74) is -4.06. The molecule has 2 N–H and O–H groups in total. The van der Waals surface area contributed by atoms with Gasteiger partial charge in [-0.15, -0.1) is 0 Å².